The SMILES string of the molecule is COC(c1cccc(Br)c1)C1C=CCC1. The first kappa shape index (κ1) is 10.9. The minimum absolute atomic E-state index is 0.196. The lowest BCUT2D eigenvalue weighted by Gasteiger charge is -2.21. The first-order chi connectivity index (χ1) is 7.31. The van der Waals surface area contributed by atoms with Crippen molar-refractivity contribution in [1.29, 1.82) is 0 Å². The Morgan fingerprint density at radius 2 is 2.33 bits per heavy atom. The third-order valence-electron chi connectivity index (χ3n) is 2.87. The van der Waals surface area contributed by atoms with Gasteiger partial charge in [0.1, 0.15) is 0 Å². The van der Waals surface area contributed by atoms with E-state index in [1.807, 2.05) is 6.07 Å². The summed E-state index contributed by atoms with van der Waals surface area (Å²) in [5.74, 6) is 0.532. The molecule has 0 N–H and O–H groups in total. The molecule has 2 rings (SSSR count). The zero-order valence-electron chi connectivity index (χ0n) is 8.82. The van der Waals surface area contributed by atoms with Gasteiger partial charge in [0.25, 0.3) is 0 Å². The smallest absolute Gasteiger partial charge is 0.0884 e. The monoisotopic (exact) mass is 266 g/mol. The topological polar surface area (TPSA) is 9.23 Å². The van der Waals surface area contributed by atoms with Gasteiger partial charge in [-0.05, 0) is 30.5 Å². The normalized spacial score (nSPS) is 21.9. The third-order valence-corrected chi connectivity index (χ3v) is 3.36. The van der Waals surface area contributed by atoms with Gasteiger partial charge < -0.3 is 4.74 Å². The Morgan fingerprint density at radius 1 is 1.47 bits per heavy atom. The van der Waals surface area contributed by atoms with Gasteiger partial charge in [-0.2, -0.15) is 0 Å². The lowest BCUT2D eigenvalue weighted by atomic mass is 9.95. The van der Waals surface area contributed by atoms with Crippen molar-refractivity contribution in [3.05, 3.63) is 46.5 Å². The van der Waals surface area contributed by atoms with E-state index in [4.69, 9.17) is 4.74 Å². The number of hydrogen-bond donors (Lipinski definition) is 0. The molecule has 0 saturated heterocycles. The largest absolute Gasteiger partial charge is 0.376 e. The van der Waals surface area contributed by atoms with E-state index in [1.54, 1.807) is 7.11 Å². The van der Waals surface area contributed by atoms with Crippen LogP contribution in [0.3, 0.4) is 0 Å². The minimum Gasteiger partial charge on any atom is -0.376 e. The van der Waals surface area contributed by atoms with Crippen molar-refractivity contribution in [2.75, 3.05) is 7.11 Å². The van der Waals surface area contributed by atoms with Crippen molar-refractivity contribution >= 4 is 15.9 Å². The molecule has 0 aromatic heterocycles. The molecule has 1 aromatic carbocycles. The Hall–Kier alpha value is -0.600. The average Bonchev–Trinajstić information content (AvgIpc) is 2.72. The maximum absolute atomic E-state index is 5.60. The van der Waals surface area contributed by atoms with Crippen molar-refractivity contribution in [3.8, 4) is 0 Å². The molecular weight excluding hydrogens is 252 g/mol. The first-order valence-corrected chi connectivity index (χ1v) is 6.05. The zero-order valence-corrected chi connectivity index (χ0v) is 10.4. The lowest BCUT2D eigenvalue weighted by molar-refractivity contribution is 0.0681. The quantitative estimate of drug-likeness (QED) is 0.749. The van der Waals surface area contributed by atoms with E-state index < -0.39 is 0 Å². The van der Waals surface area contributed by atoms with Crippen molar-refractivity contribution in [1.82, 2.24) is 0 Å². The molecule has 0 radical (unpaired) electrons. The zero-order chi connectivity index (χ0) is 10.7. The second-order valence-electron chi connectivity index (χ2n) is 3.88. The van der Waals surface area contributed by atoms with Gasteiger partial charge in [0.15, 0.2) is 0 Å². The fourth-order valence-corrected chi connectivity index (χ4v) is 2.57. The summed E-state index contributed by atoms with van der Waals surface area (Å²) in [4.78, 5) is 0. The van der Waals surface area contributed by atoms with E-state index in [9.17, 15) is 0 Å². The van der Waals surface area contributed by atoms with Gasteiger partial charge in [0, 0.05) is 17.5 Å². The van der Waals surface area contributed by atoms with Crippen LogP contribution in [0.25, 0.3) is 0 Å². The summed E-state index contributed by atoms with van der Waals surface area (Å²) in [7, 11) is 1.79. The van der Waals surface area contributed by atoms with Crippen LogP contribution in [-0.4, -0.2) is 7.11 Å². The number of benzene rings is 1. The van der Waals surface area contributed by atoms with E-state index >= 15 is 0 Å². The highest BCUT2D eigenvalue weighted by Crippen LogP contribution is 2.34. The van der Waals surface area contributed by atoms with E-state index in [2.05, 4.69) is 46.3 Å². The maximum Gasteiger partial charge on any atom is 0.0884 e. The number of allylic oxidation sites excluding steroid dienone is 1. The van der Waals surface area contributed by atoms with Gasteiger partial charge >= 0.3 is 0 Å². The second-order valence-corrected chi connectivity index (χ2v) is 4.80. The average molecular weight is 267 g/mol. The predicted octanol–water partition coefficient (Wildman–Crippen LogP) is 4.10. The van der Waals surface area contributed by atoms with Crippen LogP contribution < -0.4 is 0 Å². The summed E-state index contributed by atoms with van der Waals surface area (Å²) in [5, 5.41) is 0. The van der Waals surface area contributed by atoms with Crippen LogP contribution in [0.2, 0.25) is 0 Å². The minimum atomic E-state index is 0.196. The summed E-state index contributed by atoms with van der Waals surface area (Å²) < 4.78 is 6.72. The number of halogens is 1. The molecule has 1 aromatic rings. The number of rotatable bonds is 3. The molecule has 15 heavy (non-hydrogen) atoms. The molecule has 2 heteroatoms. The van der Waals surface area contributed by atoms with Crippen LogP contribution in [-0.2, 0) is 4.74 Å². The van der Waals surface area contributed by atoms with Crippen molar-refractivity contribution in [2.45, 2.75) is 18.9 Å². The van der Waals surface area contributed by atoms with E-state index in [0.29, 0.717) is 5.92 Å². The van der Waals surface area contributed by atoms with E-state index in [0.717, 1.165) is 4.47 Å². The van der Waals surface area contributed by atoms with Gasteiger partial charge in [-0.15, -0.1) is 0 Å². The molecule has 1 aliphatic rings. The Bertz CT molecular complexity index is 359. The Labute approximate surface area is 99.3 Å². The highest BCUT2D eigenvalue weighted by Gasteiger charge is 2.22. The van der Waals surface area contributed by atoms with Crippen molar-refractivity contribution in [2.24, 2.45) is 5.92 Å². The van der Waals surface area contributed by atoms with E-state index in [1.165, 1.54) is 18.4 Å². The molecule has 2 unspecified atom stereocenters. The summed E-state index contributed by atoms with van der Waals surface area (Å²) >= 11 is 3.49. The molecule has 0 amide bonds. The highest BCUT2D eigenvalue weighted by atomic mass is 79.9. The molecule has 0 saturated carbocycles. The van der Waals surface area contributed by atoms with Crippen molar-refractivity contribution < 1.29 is 4.74 Å². The molecule has 0 aliphatic heterocycles. The molecule has 2 atom stereocenters. The highest BCUT2D eigenvalue weighted by molar-refractivity contribution is 9.10. The van der Waals surface area contributed by atoms with Crippen LogP contribution in [0.4, 0.5) is 0 Å². The van der Waals surface area contributed by atoms with Gasteiger partial charge in [-0.3, -0.25) is 0 Å². The van der Waals surface area contributed by atoms with E-state index in [-0.39, 0.29) is 6.10 Å². The van der Waals surface area contributed by atoms with Crippen LogP contribution in [0.5, 0.6) is 0 Å². The van der Waals surface area contributed by atoms with Gasteiger partial charge in [-0.1, -0.05) is 40.2 Å². The van der Waals surface area contributed by atoms with Crippen LogP contribution in [0.1, 0.15) is 24.5 Å². The molecule has 0 bridgehead atoms. The van der Waals surface area contributed by atoms with Crippen LogP contribution in [0.15, 0.2) is 40.9 Å². The maximum atomic E-state index is 5.60. The molecule has 0 spiro atoms. The molecule has 80 valence electrons. The molecule has 1 nitrogen and oxygen atoms in total. The predicted molar refractivity (Wildman–Crippen MR) is 65.8 cm³/mol. The molecule has 0 heterocycles. The van der Waals surface area contributed by atoms with Gasteiger partial charge in [-0.25, -0.2) is 0 Å². The number of methoxy groups -OCH3 is 1. The Kier molecular flexibility index (Phi) is 3.60. The second kappa shape index (κ2) is 4.95. The fourth-order valence-electron chi connectivity index (χ4n) is 2.15. The van der Waals surface area contributed by atoms with Crippen LogP contribution in [0, 0.1) is 5.92 Å². The van der Waals surface area contributed by atoms with Crippen molar-refractivity contribution in [3.63, 3.8) is 0 Å². The standard InChI is InChI=1S/C13H15BrO/c1-15-13(10-5-2-3-6-10)11-7-4-8-12(14)9-11/h2,4-5,7-10,13H,3,6H2,1H3. The molecule has 0 fully saturated rings. The summed E-state index contributed by atoms with van der Waals surface area (Å²) in [6.45, 7) is 0. The number of ether oxygens (including phenoxy) is 1. The van der Waals surface area contributed by atoms with Gasteiger partial charge in [0.2, 0.25) is 0 Å². The fraction of sp³-hybridized carbons (Fsp3) is 0.385. The molecule has 1 aliphatic carbocycles. The summed E-state index contributed by atoms with van der Waals surface area (Å²) in [6.07, 6.45) is 7.09. The lowest BCUT2D eigenvalue weighted by Crippen LogP contribution is -2.11. The Balaban J connectivity index is 2.22. The Morgan fingerprint density at radius 3 is 2.93 bits per heavy atom. The summed E-state index contributed by atoms with van der Waals surface area (Å²) in [6, 6.07) is 8.37. The van der Waals surface area contributed by atoms with Crippen LogP contribution >= 0.6 is 15.9 Å². The molecular formula is C13H15BrO. The first-order valence-electron chi connectivity index (χ1n) is 5.26. The van der Waals surface area contributed by atoms with Gasteiger partial charge in [0.05, 0.1) is 6.10 Å². The number of hydrogen-bond acceptors (Lipinski definition) is 1. The summed E-state index contributed by atoms with van der Waals surface area (Å²) in [5.41, 5.74) is 1.25. The third kappa shape index (κ3) is 2.50.